The number of hydrogen-bond donors (Lipinski definition) is 1. The van der Waals surface area contributed by atoms with E-state index in [2.05, 4.69) is 6.92 Å². The van der Waals surface area contributed by atoms with Crippen molar-refractivity contribution in [2.24, 2.45) is 0 Å². The molecule has 1 rings (SSSR count). The van der Waals surface area contributed by atoms with Crippen LogP contribution in [0.5, 0.6) is 0 Å². The SMILES string of the molecule is CCCCCCc1cccc(C(=O)O)c1C(=O)OCC. The highest BCUT2D eigenvalue weighted by molar-refractivity contribution is 6.03. The van der Waals surface area contributed by atoms with E-state index in [1.54, 1.807) is 13.0 Å². The lowest BCUT2D eigenvalue weighted by molar-refractivity contribution is 0.0513. The number of carboxylic acid groups (broad SMARTS) is 1. The molecule has 0 fully saturated rings. The standard InChI is InChI=1S/C16H22O4/c1-3-5-6-7-9-12-10-8-11-13(15(17)18)14(12)16(19)20-4-2/h8,10-11H,3-7,9H2,1-2H3,(H,17,18). The van der Waals surface area contributed by atoms with Gasteiger partial charge in [0.2, 0.25) is 0 Å². The number of carboxylic acids is 1. The van der Waals surface area contributed by atoms with Gasteiger partial charge in [-0.05, 0) is 31.4 Å². The number of unbranched alkanes of at least 4 members (excludes halogenated alkanes) is 3. The summed E-state index contributed by atoms with van der Waals surface area (Å²) >= 11 is 0. The van der Waals surface area contributed by atoms with Gasteiger partial charge in [0.15, 0.2) is 0 Å². The number of esters is 1. The molecule has 0 heterocycles. The fraction of sp³-hybridized carbons (Fsp3) is 0.500. The van der Waals surface area contributed by atoms with Crippen molar-refractivity contribution < 1.29 is 19.4 Å². The summed E-state index contributed by atoms with van der Waals surface area (Å²) in [5.74, 6) is -1.64. The van der Waals surface area contributed by atoms with Crippen molar-refractivity contribution in [2.75, 3.05) is 6.61 Å². The van der Waals surface area contributed by atoms with Crippen LogP contribution in [-0.4, -0.2) is 23.7 Å². The Kier molecular flexibility index (Phi) is 6.77. The van der Waals surface area contributed by atoms with Gasteiger partial charge in [-0.3, -0.25) is 0 Å². The first kappa shape index (κ1) is 16.2. The zero-order valence-corrected chi connectivity index (χ0v) is 12.1. The fourth-order valence-electron chi connectivity index (χ4n) is 2.17. The molecule has 0 bridgehead atoms. The van der Waals surface area contributed by atoms with E-state index in [-0.39, 0.29) is 17.7 Å². The molecule has 0 aliphatic rings. The van der Waals surface area contributed by atoms with Gasteiger partial charge in [-0.15, -0.1) is 0 Å². The number of aromatic carboxylic acids is 1. The topological polar surface area (TPSA) is 63.6 Å². The number of ether oxygens (including phenoxy) is 1. The molecule has 0 unspecified atom stereocenters. The minimum atomic E-state index is -1.09. The number of carbonyl (C=O) groups is 2. The zero-order chi connectivity index (χ0) is 15.0. The number of benzene rings is 1. The summed E-state index contributed by atoms with van der Waals surface area (Å²) in [6.07, 6.45) is 5.02. The summed E-state index contributed by atoms with van der Waals surface area (Å²) in [7, 11) is 0. The lowest BCUT2D eigenvalue weighted by Crippen LogP contribution is -2.14. The molecule has 20 heavy (non-hydrogen) atoms. The Hall–Kier alpha value is -1.84. The first-order chi connectivity index (χ1) is 9.61. The summed E-state index contributed by atoms with van der Waals surface area (Å²) in [6.45, 7) is 4.08. The summed E-state index contributed by atoms with van der Waals surface area (Å²) < 4.78 is 4.98. The molecule has 0 spiro atoms. The van der Waals surface area contributed by atoms with Crippen molar-refractivity contribution in [3.8, 4) is 0 Å². The van der Waals surface area contributed by atoms with Crippen molar-refractivity contribution in [3.05, 3.63) is 34.9 Å². The van der Waals surface area contributed by atoms with Crippen molar-refractivity contribution in [2.45, 2.75) is 46.0 Å². The molecule has 1 aromatic carbocycles. The third-order valence-electron chi connectivity index (χ3n) is 3.16. The van der Waals surface area contributed by atoms with Crippen molar-refractivity contribution >= 4 is 11.9 Å². The van der Waals surface area contributed by atoms with Crippen LogP contribution in [0.4, 0.5) is 0 Å². The Balaban J connectivity index is 2.99. The second-order valence-corrected chi connectivity index (χ2v) is 4.68. The van der Waals surface area contributed by atoms with Gasteiger partial charge in [-0.2, -0.15) is 0 Å². The Morgan fingerprint density at radius 1 is 1.15 bits per heavy atom. The normalized spacial score (nSPS) is 10.3. The molecule has 0 aliphatic carbocycles. The lowest BCUT2D eigenvalue weighted by atomic mass is 9.96. The molecule has 0 radical (unpaired) electrons. The van der Waals surface area contributed by atoms with Gasteiger partial charge in [0.1, 0.15) is 0 Å². The Bertz CT molecular complexity index is 466. The second-order valence-electron chi connectivity index (χ2n) is 4.68. The molecule has 0 aliphatic heterocycles. The molecule has 0 amide bonds. The van der Waals surface area contributed by atoms with E-state index in [9.17, 15) is 14.7 Å². The summed E-state index contributed by atoms with van der Waals surface area (Å²) in [5, 5.41) is 9.21. The van der Waals surface area contributed by atoms with Crippen molar-refractivity contribution in [1.82, 2.24) is 0 Å². The van der Waals surface area contributed by atoms with Gasteiger partial charge < -0.3 is 9.84 Å². The molecule has 4 heteroatoms. The highest BCUT2D eigenvalue weighted by Crippen LogP contribution is 2.19. The van der Waals surface area contributed by atoms with Gasteiger partial charge in [0.25, 0.3) is 0 Å². The van der Waals surface area contributed by atoms with E-state index in [4.69, 9.17) is 4.74 Å². The van der Waals surface area contributed by atoms with E-state index in [0.29, 0.717) is 6.42 Å². The molecular formula is C16H22O4. The molecule has 0 aromatic heterocycles. The quantitative estimate of drug-likeness (QED) is 0.582. The summed E-state index contributed by atoms with van der Waals surface area (Å²) in [6, 6.07) is 4.94. The number of hydrogen-bond acceptors (Lipinski definition) is 3. The molecule has 0 atom stereocenters. The van der Waals surface area contributed by atoms with Crippen LogP contribution in [0.1, 0.15) is 65.8 Å². The van der Waals surface area contributed by atoms with E-state index in [0.717, 1.165) is 31.2 Å². The summed E-state index contributed by atoms with van der Waals surface area (Å²) in [4.78, 5) is 23.2. The van der Waals surface area contributed by atoms with Crippen LogP contribution < -0.4 is 0 Å². The van der Waals surface area contributed by atoms with E-state index >= 15 is 0 Å². The first-order valence-electron chi connectivity index (χ1n) is 7.14. The van der Waals surface area contributed by atoms with Gasteiger partial charge in [-0.1, -0.05) is 38.3 Å². The van der Waals surface area contributed by atoms with Crippen LogP contribution in [0, 0.1) is 0 Å². The predicted molar refractivity (Wildman–Crippen MR) is 77.2 cm³/mol. The maximum Gasteiger partial charge on any atom is 0.339 e. The number of rotatable bonds is 8. The number of aryl methyl sites for hydroxylation is 1. The first-order valence-corrected chi connectivity index (χ1v) is 7.14. The minimum Gasteiger partial charge on any atom is -0.478 e. The van der Waals surface area contributed by atoms with Crippen LogP contribution in [-0.2, 0) is 11.2 Å². The zero-order valence-electron chi connectivity index (χ0n) is 12.1. The van der Waals surface area contributed by atoms with Gasteiger partial charge >= 0.3 is 11.9 Å². The van der Waals surface area contributed by atoms with Crippen LogP contribution in [0.15, 0.2) is 18.2 Å². The van der Waals surface area contributed by atoms with E-state index < -0.39 is 11.9 Å². The van der Waals surface area contributed by atoms with E-state index in [1.165, 1.54) is 6.07 Å². The third-order valence-corrected chi connectivity index (χ3v) is 3.16. The Morgan fingerprint density at radius 2 is 1.90 bits per heavy atom. The Morgan fingerprint density at radius 3 is 2.50 bits per heavy atom. The van der Waals surface area contributed by atoms with Gasteiger partial charge in [0, 0.05) is 0 Å². The molecule has 0 saturated carbocycles. The molecule has 1 aromatic rings. The maximum atomic E-state index is 12.0. The minimum absolute atomic E-state index is 0.0245. The third kappa shape index (κ3) is 4.37. The molecular weight excluding hydrogens is 256 g/mol. The highest BCUT2D eigenvalue weighted by Gasteiger charge is 2.21. The average molecular weight is 278 g/mol. The van der Waals surface area contributed by atoms with E-state index in [1.807, 2.05) is 6.07 Å². The molecule has 4 nitrogen and oxygen atoms in total. The van der Waals surface area contributed by atoms with Crippen LogP contribution in [0.25, 0.3) is 0 Å². The van der Waals surface area contributed by atoms with Gasteiger partial charge in [-0.25, -0.2) is 9.59 Å². The monoisotopic (exact) mass is 278 g/mol. The molecule has 0 saturated heterocycles. The number of carbonyl (C=O) groups excluding carboxylic acids is 1. The highest BCUT2D eigenvalue weighted by atomic mass is 16.5. The largest absolute Gasteiger partial charge is 0.478 e. The smallest absolute Gasteiger partial charge is 0.339 e. The molecule has 110 valence electrons. The van der Waals surface area contributed by atoms with Crippen molar-refractivity contribution in [3.63, 3.8) is 0 Å². The average Bonchev–Trinajstić information content (AvgIpc) is 2.43. The fourth-order valence-corrected chi connectivity index (χ4v) is 2.17. The van der Waals surface area contributed by atoms with Gasteiger partial charge in [0.05, 0.1) is 17.7 Å². The molecule has 1 N–H and O–H groups in total. The lowest BCUT2D eigenvalue weighted by Gasteiger charge is -2.11. The summed E-state index contributed by atoms with van der Waals surface area (Å²) in [5.41, 5.74) is 0.995. The van der Waals surface area contributed by atoms with Crippen LogP contribution >= 0.6 is 0 Å². The van der Waals surface area contributed by atoms with Crippen molar-refractivity contribution in [1.29, 1.82) is 0 Å². The maximum absolute atomic E-state index is 12.0. The van der Waals surface area contributed by atoms with Crippen LogP contribution in [0.3, 0.4) is 0 Å². The Labute approximate surface area is 119 Å². The van der Waals surface area contributed by atoms with Crippen LogP contribution in [0.2, 0.25) is 0 Å². The predicted octanol–water partition coefficient (Wildman–Crippen LogP) is 3.68. The second kappa shape index (κ2) is 8.35.